The van der Waals surface area contributed by atoms with Gasteiger partial charge < -0.3 is 15.4 Å². The number of guanidine groups is 1. The molecule has 2 N–H and O–H groups in total. The van der Waals surface area contributed by atoms with Crippen LogP contribution in [0.25, 0.3) is 0 Å². The molecule has 0 aliphatic carbocycles. The van der Waals surface area contributed by atoms with Crippen LogP contribution in [-0.2, 0) is 4.74 Å². The van der Waals surface area contributed by atoms with Gasteiger partial charge in [0.2, 0.25) is 0 Å². The third-order valence-electron chi connectivity index (χ3n) is 4.02. The molecule has 1 aromatic carbocycles. The average molecular weight is 259 g/mol. The molecule has 4 nitrogen and oxygen atoms in total. The van der Waals surface area contributed by atoms with Crippen LogP contribution in [0.2, 0.25) is 0 Å². The summed E-state index contributed by atoms with van der Waals surface area (Å²) in [5.41, 5.74) is 8.42. The molecule has 1 aromatic rings. The minimum absolute atomic E-state index is 0.237. The SMILES string of the molecule is Cc1ccc(N2C(N)=NCC2C2CCC(C)O2)cc1. The number of aliphatic imine (C=N–C) groups is 1. The van der Waals surface area contributed by atoms with Crippen molar-refractivity contribution < 1.29 is 4.74 Å². The molecular weight excluding hydrogens is 238 g/mol. The smallest absolute Gasteiger partial charge is 0.196 e. The Morgan fingerprint density at radius 2 is 2.00 bits per heavy atom. The van der Waals surface area contributed by atoms with Crippen molar-refractivity contribution in [2.75, 3.05) is 11.4 Å². The molecule has 4 heteroatoms. The number of hydrogen-bond acceptors (Lipinski definition) is 4. The van der Waals surface area contributed by atoms with Crippen LogP contribution in [0.1, 0.15) is 25.3 Å². The molecule has 102 valence electrons. The Morgan fingerprint density at radius 1 is 1.26 bits per heavy atom. The van der Waals surface area contributed by atoms with E-state index in [1.165, 1.54) is 5.56 Å². The van der Waals surface area contributed by atoms with Crippen LogP contribution in [-0.4, -0.2) is 30.8 Å². The molecule has 3 unspecified atom stereocenters. The molecule has 2 heterocycles. The average Bonchev–Trinajstić information content (AvgIpc) is 2.97. The van der Waals surface area contributed by atoms with Gasteiger partial charge in [-0.05, 0) is 38.8 Å². The van der Waals surface area contributed by atoms with Crippen LogP contribution in [0.15, 0.2) is 29.3 Å². The van der Waals surface area contributed by atoms with E-state index in [1.807, 2.05) is 0 Å². The maximum Gasteiger partial charge on any atom is 0.196 e. The third-order valence-corrected chi connectivity index (χ3v) is 4.02. The summed E-state index contributed by atoms with van der Waals surface area (Å²) in [7, 11) is 0. The van der Waals surface area contributed by atoms with Gasteiger partial charge >= 0.3 is 0 Å². The maximum atomic E-state index is 6.06. The lowest BCUT2D eigenvalue weighted by Gasteiger charge is -2.30. The summed E-state index contributed by atoms with van der Waals surface area (Å²) in [6, 6.07) is 8.67. The Hall–Kier alpha value is -1.55. The van der Waals surface area contributed by atoms with Crippen molar-refractivity contribution >= 4 is 11.6 Å². The van der Waals surface area contributed by atoms with Crippen LogP contribution in [0.4, 0.5) is 5.69 Å². The van der Waals surface area contributed by atoms with Crippen LogP contribution in [0, 0.1) is 6.92 Å². The molecule has 0 aromatic heterocycles. The fourth-order valence-corrected chi connectivity index (χ4v) is 2.94. The van der Waals surface area contributed by atoms with E-state index in [0.29, 0.717) is 12.1 Å². The number of rotatable bonds is 2. The molecule has 1 saturated heterocycles. The predicted octanol–water partition coefficient (Wildman–Crippen LogP) is 2.07. The largest absolute Gasteiger partial charge is 0.373 e. The van der Waals surface area contributed by atoms with Gasteiger partial charge in [-0.2, -0.15) is 0 Å². The van der Waals surface area contributed by atoms with Crippen molar-refractivity contribution in [3.8, 4) is 0 Å². The number of nitrogens with zero attached hydrogens (tertiary/aromatic N) is 2. The molecule has 2 aliphatic rings. The molecular formula is C15H21N3O. The van der Waals surface area contributed by atoms with Crippen LogP contribution < -0.4 is 10.6 Å². The number of anilines is 1. The molecule has 0 radical (unpaired) electrons. The highest BCUT2D eigenvalue weighted by Crippen LogP contribution is 2.30. The van der Waals surface area contributed by atoms with Gasteiger partial charge in [0.05, 0.1) is 24.8 Å². The third kappa shape index (κ3) is 2.32. The molecule has 0 bridgehead atoms. The van der Waals surface area contributed by atoms with Crippen molar-refractivity contribution in [1.29, 1.82) is 0 Å². The van der Waals surface area contributed by atoms with E-state index >= 15 is 0 Å². The van der Waals surface area contributed by atoms with Crippen LogP contribution in [0.3, 0.4) is 0 Å². The Kier molecular flexibility index (Phi) is 3.19. The zero-order valence-electron chi connectivity index (χ0n) is 11.5. The number of hydrogen-bond donors (Lipinski definition) is 1. The first kappa shape index (κ1) is 12.5. The van der Waals surface area contributed by atoms with E-state index in [2.05, 4.69) is 48.0 Å². The second-order valence-corrected chi connectivity index (χ2v) is 5.53. The van der Waals surface area contributed by atoms with E-state index in [9.17, 15) is 0 Å². The van der Waals surface area contributed by atoms with Gasteiger partial charge in [-0.3, -0.25) is 4.99 Å². The lowest BCUT2D eigenvalue weighted by molar-refractivity contribution is 0.0440. The number of benzene rings is 1. The van der Waals surface area contributed by atoms with E-state index in [4.69, 9.17) is 10.5 Å². The zero-order valence-corrected chi connectivity index (χ0v) is 11.5. The minimum atomic E-state index is 0.237. The van der Waals surface area contributed by atoms with Crippen molar-refractivity contribution in [1.82, 2.24) is 0 Å². The number of nitrogens with two attached hydrogens (primary N) is 1. The van der Waals surface area contributed by atoms with E-state index in [-0.39, 0.29) is 12.1 Å². The second kappa shape index (κ2) is 4.85. The van der Waals surface area contributed by atoms with Crippen LogP contribution >= 0.6 is 0 Å². The van der Waals surface area contributed by atoms with E-state index in [0.717, 1.165) is 25.1 Å². The summed E-state index contributed by atoms with van der Waals surface area (Å²) in [4.78, 5) is 6.53. The molecule has 19 heavy (non-hydrogen) atoms. The first-order valence-corrected chi connectivity index (χ1v) is 6.96. The molecule has 0 saturated carbocycles. The monoisotopic (exact) mass is 259 g/mol. The highest BCUT2D eigenvalue weighted by atomic mass is 16.5. The summed E-state index contributed by atoms with van der Waals surface area (Å²) < 4.78 is 6.00. The van der Waals surface area contributed by atoms with Gasteiger partial charge in [-0.1, -0.05) is 17.7 Å². The second-order valence-electron chi connectivity index (χ2n) is 5.53. The molecule has 3 rings (SSSR count). The maximum absolute atomic E-state index is 6.06. The predicted molar refractivity (Wildman–Crippen MR) is 77.5 cm³/mol. The summed E-state index contributed by atoms with van der Waals surface area (Å²) in [5, 5.41) is 0. The summed E-state index contributed by atoms with van der Waals surface area (Å²) in [6.45, 7) is 4.96. The number of aryl methyl sites for hydroxylation is 1. The Bertz CT molecular complexity index is 483. The normalized spacial score (nSPS) is 30.7. The lowest BCUT2D eigenvalue weighted by Crippen LogP contribution is -2.47. The Labute approximate surface area is 114 Å². The first-order valence-electron chi connectivity index (χ1n) is 6.96. The summed E-state index contributed by atoms with van der Waals surface area (Å²) in [6.07, 6.45) is 2.81. The summed E-state index contributed by atoms with van der Waals surface area (Å²) in [5.74, 6) is 0.608. The quantitative estimate of drug-likeness (QED) is 0.884. The fourth-order valence-electron chi connectivity index (χ4n) is 2.94. The van der Waals surface area contributed by atoms with Crippen molar-refractivity contribution in [2.24, 2.45) is 10.7 Å². The molecule has 3 atom stereocenters. The van der Waals surface area contributed by atoms with Crippen molar-refractivity contribution in [3.63, 3.8) is 0 Å². The first-order chi connectivity index (χ1) is 9.15. The highest BCUT2D eigenvalue weighted by Gasteiger charge is 2.38. The van der Waals surface area contributed by atoms with E-state index in [1.54, 1.807) is 0 Å². The zero-order chi connectivity index (χ0) is 13.4. The van der Waals surface area contributed by atoms with Crippen molar-refractivity contribution in [3.05, 3.63) is 29.8 Å². The van der Waals surface area contributed by atoms with Gasteiger partial charge in [-0.25, -0.2) is 0 Å². The summed E-state index contributed by atoms with van der Waals surface area (Å²) >= 11 is 0. The molecule has 0 spiro atoms. The molecule has 0 amide bonds. The lowest BCUT2D eigenvalue weighted by atomic mass is 10.1. The number of ether oxygens (including phenoxy) is 1. The fraction of sp³-hybridized carbons (Fsp3) is 0.533. The highest BCUT2D eigenvalue weighted by molar-refractivity contribution is 5.97. The van der Waals surface area contributed by atoms with Gasteiger partial charge in [0.25, 0.3) is 0 Å². The van der Waals surface area contributed by atoms with Gasteiger partial charge in [-0.15, -0.1) is 0 Å². The van der Waals surface area contributed by atoms with Gasteiger partial charge in [0, 0.05) is 5.69 Å². The Morgan fingerprint density at radius 3 is 2.63 bits per heavy atom. The minimum Gasteiger partial charge on any atom is -0.373 e. The molecule has 2 aliphatic heterocycles. The van der Waals surface area contributed by atoms with E-state index < -0.39 is 0 Å². The topological polar surface area (TPSA) is 50.8 Å². The van der Waals surface area contributed by atoms with Gasteiger partial charge in [0.1, 0.15) is 0 Å². The van der Waals surface area contributed by atoms with Gasteiger partial charge in [0.15, 0.2) is 5.96 Å². The Balaban J connectivity index is 1.84. The molecule has 1 fully saturated rings. The van der Waals surface area contributed by atoms with Crippen LogP contribution in [0.5, 0.6) is 0 Å². The van der Waals surface area contributed by atoms with Crippen molar-refractivity contribution in [2.45, 2.75) is 44.9 Å². The standard InChI is InChI=1S/C15H21N3O/c1-10-3-6-12(7-4-10)18-13(9-17-15(18)16)14-8-5-11(2)19-14/h3-4,6-7,11,13-14H,5,8-9H2,1-2H3,(H2,16,17).